The van der Waals surface area contributed by atoms with E-state index >= 15 is 0 Å². The van der Waals surface area contributed by atoms with Gasteiger partial charge in [-0.15, -0.1) is 0 Å². The molecular formula is C23H28Cl3N3O4S. The molecule has 0 bridgehead atoms. The average Bonchev–Trinajstić information content (AvgIpc) is 2.71. The molecule has 2 aromatic carbocycles. The molecule has 7 nitrogen and oxygen atoms in total. The molecule has 0 aliphatic rings. The molecule has 2 rings (SSSR count). The van der Waals surface area contributed by atoms with Gasteiger partial charge < -0.3 is 10.2 Å². The molecule has 186 valence electrons. The lowest BCUT2D eigenvalue weighted by Gasteiger charge is -2.31. The van der Waals surface area contributed by atoms with E-state index in [-0.39, 0.29) is 34.1 Å². The number of carbonyl (C=O) groups is 2. The first-order valence-electron chi connectivity index (χ1n) is 10.5. The Morgan fingerprint density at radius 1 is 0.971 bits per heavy atom. The fourth-order valence-electron chi connectivity index (χ4n) is 3.16. The van der Waals surface area contributed by atoms with Crippen molar-refractivity contribution in [2.75, 3.05) is 23.7 Å². The summed E-state index contributed by atoms with van der Waals surface area (Å²) in [5.74, 6) is -0.698. The fraction of sp³-hybridized carbons (Fsp3) is 0.391. The van der Waals surface area contributed by atoms with Crippen LogP contribution in [-0.2, 0) is 26.2 Å². The van der Waals surface area contributed by atoms with E-state index in [9.17, 15) is 18.0 Å². The lowest BCUT2D eigenvalue weighted by atomic mass is 10.1. The minimum atomic E-state index is -3.88. The number of amides is 2. The van der Waals surface area contributed by atoms with E-state index in [0.717, 1.165) is 10.6 Å². The molecule has 1 unspecified atom stereocenters. The van der Waals surface area contributed by atoms with Crippen molar-refractivity contribution in [1.29, 1.82) is 0 Å². The van der Waals surface area contributed by atoms with Crippen LogP contribution in [0.1, 0.15) is 26.3 Å². The highest BCUT2D eigenvalue weighted by Crippen LogP contribution is 2.27. The molecule has 0 aromatic heterocycles. The van der Waals surface area contributed by atoms with Crippen LogP contribution >= 0.6 is 34.8 Å². The van der Waals surface area contributed by atoms with Crippen LogP contribution in [0.3, 0.4) is 0 Å². The summed E-state index contributed by atoms with van der Waals surface area (Å²) in [5, 5.41) is 3.74. The van der Waals surface area contributed by atoms with Gasteiger partial charge in [-0.3, -0.25) is 13.9 Å². The highest BCUT2D eigenvalue weighted by molar-refractivity contribution is 7.92. The third-order valence-corrected chi connectivity index (χ3v) is 6.72. The summed E-state index contributed by atoms with van der Waals surface area (Å²) < 4.78 is 26.1. The SMILES string of the molecule is CC(C)CNC(=O)C(C)N(Cc1cccc(Cl)c1)C(=O)CN(c1cc(Cl)cc(Cl)c1)S(C)(=O)=O. The van der Waals surface area contributed by atoms with E-state index in [4.69, 9.17) is 34.8 Å². The second-order valence-corrected chi connectivity index (χ2v) is 11.6. The van der Waals surface area contributed by atoms with Gasteiger partial charge in [0.05, 0.1) is 11.9 Å². The molecule has 0 fully saturated rings. The lowest BCUT2D eigenvalue weighted by Crippen LogP contribution is -2.51. The predicted octanol–water partition coefficient (Wildman–Crippen LogP) is 4.60. The fourth-order valence-corrected chi connectivity index (χ4v) is 4.72. The van der Waals surface area contributed by atoms with Crippen LogP contribution in [0.5, 0.6) is 0 Å². The van der Waals surface area contributed by atoms with Crippen molar-refractivity contribution >= 4 is 62.3 Å². The van der Waals surface area contributed by atoms with Crippen molar-refractivity contribution in [3.8, 4) is 0 Å². The maximum Gasteiger partial charge on any atom is 0.244 e. The molecule has 0 saturated carbocycles. The summed E-state index contributed by atoms with van der Waals surface area (Å²) in [5.41, 5.74) is 0.842. The molecule has 2 amide bonds. The van der Waals surface area contributed by atoms with Gasteiger partial charge in [0.2, 0.25) is 21.8 Å². The van der Waals surface area contributed by atoms with Crippen molar-refractivity contribution in [3.63, 3.8) is 0 Å². The van der Waals surface area contributed by atoms with Gasteiger partial charge in [-0.25, -0.2) is 8.42 Å². The second kappa shape index (κ2) is 12.1. The van der Waals surface area contributed by atoms with Crippen LogP contribution in [0, 0.1) is 5.92 Å². The minimum absolute atomic E-state index is 0.0591. The quantitative estimate of drug-likeness (QED) is 0.470. The van der Waals surface area contributed by atoms with E-state index in [1.165, 1.54) is 23.1 Å². The standard InChI is InChI=1S/C23H28Cl3N3O4S/c1-15(2)12-27-23(31)16(3)28(13-17-6-5-7-18(24)8-17)22(30)14-29(34(4,32)33)21-10-19(25)9-20(26)11-21/h5-11,15-16H,12-14H2,1-4H3,(H,27,31). The zero-order valence-electron chi connectivity index (χ0n) is 19.4. The van der Waals surface area contributed by atoms with Crippen molar-refractivity contribution in [3.05, 3.63) is 63.1 Å². The van der Waals surface area contributed by atoms with Crippen LogP contribution in [-0.4, -0.2) is 50.5 Å². The van der Waals surface area contributed by atoms with Gasteiger partial charge in [0.15, 0.2) is 0 Å². The smallest absolute Gasteiger partial charge is 0.244 e. The average molecular weight is 549 g/mol. The number of anilines is 1. The van der Waals surface area contributed by atoms with Gasteiger partial charge in [-0.05, 0) is 48.7 Å². The normalized spacial score (nSPS) is 12.4. The molecule has 1 atom stereocenters. The van der Waals surface area contributed by atoms with E-state index < -0.39 is 28.5 Å². The summed E-state index contributed by atoms with van der Waals surface area (Å²) in [7, 11) is -3.88. The van der Waals surface area contributed by atoms with Crippen LogP contribution in [0.4, 0.5) is 5.69 Å². The van der Waals surface area contributed by atoms with Crippen LogP contribution in [0.15, 0.2) is 42.5 Å². The first kappa shape index (κ1) is 28.2. The lowest BCUT2D eigenvalue weighted by molar-refractivity contribution is -0.139. The number of benzene rings is 2. The highest BCUT2D eigenvalue weighted by Gasteiger charge is 2.30. The molecule has 0 spiro atoms. The van der Waals surface area contributed by atoms with Crippen molar-refractivity contribution in [1.82, 2.24) is 10.2 Å². The summed E-state index contributed by atoms with van der Waals surface area (Å²) in [4.78, 5) is 27.6. The maximum absolute atomic E-state index is 13.5. The van der Waals surface area contributed by atoms with E-state index in [2.05, 4.69) is 5.32 Å². The van der Waals surface area contributed by atoms with Crippen molar-refractivity contribution < 1.29 is 18.0 Å². The Morgan fingerprint density at radius 2 is 1.59 bits per heavy atom. The molecule has 0 radical (unpaired) electrons. The number of carbonyl (C=O) groups excluding carboxylic acids is 2. The van der Waals surface area contributed by atoms with Gasteiger partial charge >= 0.3 is 0 Å². The highest BCUT2D eigenvalue weighted by atomic mass is 35.5. The number of sulfonamides is 1. The van der Waals surface area contributed by atoms with Gasteiger partial charge in [0.25, 0.3) is 0 Å². The number of hydrogen-bond acceptors (Lipinski definition) is 4. The predicted molar refractivity (Wildman–Crippen MR) is 138 cm³/mol. The minimum Gasteiger partial charge on any atom is -0.354 e. The van der Waals surface area contributed by atoms with E-state index in [0.29, 0.717) is 17.1 Å². The first-order chi connectivity index (χ1) is 15.8. The monoisotopic (exact) mass is 547 g/mol. The Labute approximate surface area is 216 Å². The molecular weight excluding hydrogens is 521 g/mol. The van der Waals surface area contributed by atoms with Crippen LogP contribution in [0.25, 0.3) is 0 Å². The first-order valence-corrected chi connectivity index (χ1v) is 13.5. The van der Waals surface area contributed by atoms with Gasteiger partial charge in [-0.2, -0.15) is 0 Å². The Kier molecular flexibility index (Phi) is 10.1. The number of nitrogens with one attached hydrogen (secondary N) is 1. The summed E-state index contributed by atoms with van der Waals surface area (Å²) in [6.45, 7) is 5.47. The molecule has 0 aliphatic carbocycles. The number of rotatable bonds is 10. The molecule has 1 N–H and O–H groups in total. The number of halogens is 3. The topological polar surface area (TPSA) is 86.8 Å². The van der Waals surface area contributed by atoms with Crippen molar-refractivity contribution in [2.24, 2.45) is 5.92 Å². The Morgan fingerprint density at radius 3 is 2.12 bits per heavy atom. The summed E-state index contributed by atoms with van der Waals surface area (Å²) >= 11 is 18.2. The van der Waals surface area contributed by atoms with E-state index in [1.807, 2.05) is 13.8 Å². The Bertz CT molecular complexity index is 1120. The molecule has 0 aliphatic heterocycles. The summed E-state index contributed by atoms with van der Waals surface area (Å²) in [6, 6.07) is 10.3. The van der Waals surface area contributed by atoms with Gasteiger partial charge in [0.1, 0.15) is 12.6 Å². The van der Waals surface area contributed by atoms with Crippen molar-refractivity contribution in [2.45, 2.75) is 33.4 Å². The number of hydrogen-bond donors (Lipinski definition) is 1. The molecule has 2 aromatic rings. The largest absolute Gasteiger partial charge is 0.354 e. The molecule has 0 heterocycles. The Balaban J connectivity index is 2.40. The van der Waals surface area contributed by atoms with Gasteiger partial charge in [0, 0.05) is 28.2 Å². The molecule has 34 heavy (non-hydrogen) atoms. The maximum atomic E-state index is 13.5. The summed E-state index contributed by atoms with van der Waals surface area (Å²) in [6.07, 6.45) is 0.981. The zero-order chi connectivity index (χ0) is 25.6. The zero-order valence-corrected chi connectivity index (χ0v) is 22.5. The second-order valence-electron chi connectivity index (χ2n) is 8.36. The third kappa shape index (κ3) is 8.34. The number of nitrogens with zero attached hydrogens (tertiary/aromatic N) is 2. The Hall–Kier alpha value is -2.00. The van der Waals surface area contributed by atoms with Crippen LogP contribution in [0.2, 0.25) is 15.1 Å². The molecule has 0 saturated heterocycles. The van der Waals surface area contributed by atoms with E-state index in [1.54, 1.807) is 31.2 Å². The van der Waals surface area contributed by atoms with Crippen LogP contribution < -0.4 is 9.62 Å². The molecule has 11 heteroatoms. The third-order valence-electron chi connectivity index (χ3n) is 4.91. The van der Waals surface area contributed by atoms with Gasteiger partial charge in [-0.1, -0.05) is 60.8 Å².